The maximum Gasteiger partial charge on any atom is 0.407 e. The number of benzene rings is 1. The van der Waals surface area contributed by atoms with Crippen molar-refractivity contribution in [1.82, 2.24) is 10.0 Å². The average molecular weight is 416 g/mol. The van der Waals surface area contributed by atoms with Crippen LogP contribution in [-0.4, -0.2) is 52.3 Å². The van der Waals surface area contributed by atoms with Crippen molar-refractivity contribution in [2.75, 3.05) is 25.5 Å². The highest BCUT2D eigenvalue weighted by molar-refractivity contribution is 7.89. The molecule has 0 bridgehead atoms. The Balaban J connectivity index is 2.59. The quantitative estimate of drug-likeness (QED) is 0.529. The van der Waals surface area contributed by atoms with E-state index in [9.17, 15) is 18.0 Å². The van der Waals surface area contributed by atoms with Gasteiger partial charge in [-0.1, -0.05) is 6.07 Å². The second-order valence-corrected chi connectivity index (χ2v) is 8.92. The molecular formula is C18H29N3O6S. The van der Waals surface area contributed by atoms with E-state index in [1.165, 1.54) is 25.3 Å². The van der Waals surface area contributed by atoms with Crippen molar-refractivity contribution in [3.8, 4) is 0 Å². The van der Waals surface area contributed by atoms with Crippen molar-refractivity contribution in [3.05, 3.63) is 24.3 Å². The molecule has 0 fully saturated rings. The molecule has 1 unspecified atom stereocenters. The number of carbonyl (C=O) groups is 2. The van der Waals surface area contributed by atoms with Crippen LogP contribution in [0.5, 0.6) is 0 Å². The first-order chi connectivity index (χ1) is 12.9. The predicted octanol–water partition coefficient (Wildman–Crippen LogP) is 1.85. The molecule has 0 radical (unpaired) electrons. The third kappa shape index (κ3) is 9.16. The zero-order valence-corrected chi connectivity index (χ0v) is 17.7. The summed E-state index contributed by atoms with van der Waals surface area (Å²) in [6, 6.07) is 5.90. The number of amides is 2. The van der Waals surface area contributed by atoms with Crippen LogP contribution in [0.4, 0.5) is 10.5 Å². The largest absolute Gasteiger partial charge is 0.444 e. The van der Waals surface area contributed by atoms with Crippen molar-refractivity contribution < 1.29 is 27.5 Å². The molecule has 1 aromatic rings. The highest BCUT2D eigenvalue weighted by Gasteiger charge is 2.17. The van der Waals surface area contributed by atoms with Crippen LogP contribution in [0.3, 0.4) is 0 Å². The van der Waals surface area contributed by atoms with Gasteiger partial charge in [0.2, 0.25) is 15.9 Å². The minimum atomic E-state index is -3.80. The Labute approximate surface area is 166 Å². The Bertz CT molecular complexity index is 774. The van der Waals surface area contributed by atoms with Gasteiger partial charge in [0.15, 0.2) is 0 Å². The van der Waals surface area contributed by atoms with Gasteiger partial charge in [-0.25, -0.2) is 17.9 Å². The van der Waals surface area contributed by atoms with Gasteiger partial charge in [-0.3, -0.25) is 4.79 Å². The van der Waals surface area contributed by atoms with Crippen molar-refractivity contribution in [3.63, 3.8) is 0 Å². The Hall–Kier alpha value is -2.17. The van der Waals surface area contributed by atoms with Gasteiger partial charge in [-0.05, 0) is 45.9 Å². The topological polar surface area (TPSA) is 123 Å². The van der Waals surface area contributed by atoms with E-state index in [0.717, 1.165) is 0 Å². The van der Waals surface area contributed by atoms with Crippen molar-refractivity contribution in [2.45, 2.75) is 50.7 Å². The maximum absolute atomic E-state index is 12.4. The van der Waals surface area contributed by atoms with Crippen LogP contribution < -0.4 is 15.4 Å². The van der Waals surface area contributed by atoms with E-state index in [0.29, 0.717) is 5.69 Å². The van der Waals surface area contributed by atoms with Crippen molar-refractivity contribution in [2.24, 2.45) is 0 Å². The number of carbonyl (C=O) groups excluding carboxylic acids is 2. The fourth-order valence-corrected chi connectivity index (χ4v) is 3.12. The SMILES string of the molecule is COC(C)CC(=O)Nc1cccc(S(=O)(=O)NCCNC(=O)OC(C)(C)C)c1. The summed E-state index contributed by atoms with van der Waals surface area (Å²) < 4.78 is 37.2. The lowest BCUT2D eigenvalue weighted by Gasteiger charge is -2.19. The molecule has 0 aliphatic rings. The van der Waals surface area contributed by atoms with Crippen molar-refractivity contribution >= 4 is 27.7 Å². The van der Waals surface area contributed by atoms with E-state index >= 15 is 0 Å². The van der Waals surface area contributed by atoms with Crippen molar-refractivity contribution in [1.29, 1.82) is 0 Å². The normalized spacial score (nSPS) is 12.9. The summed E-state index contributed by atoms with van der Waals surface area (Å²) in [5.41, 5.74) is -0.266. The molecule has 10 heteroatoms. The molecule has 0 spiro atoms. The summed E-state index contributed by atoms with van der Waals surface area (Å²) in [4.78, 5) is 23.4. The molecule has 0 saturated carbocycles. The fourth-order valence-electron chi connectivity index (χ4n) is 2.04. The zero-order chi connectivity index (χ0) is 21.4. The zero-order valence-electron chi connectivity index (χ0n) is 16.9. The van der Waals surface area contributed by atoms with E-state index in [4.69, 9.17) is 9.47 Å². The lowest BCUT2D eigenvalue weighted by molar-refractivity contribution is -0.118. The molecule has 0 aromatic heterocycles. The van der Waals surface area contributed by atoms with E-state index in [2.05, 4.69) is 15.4 Å². The van der Waals surface area contributed by atoms with Crippen LogP contribution in [0.1, 0.15) is 34.1 Å². The molecule has 0 aliphatic heterocycles. The first kappa shape index (κ1) is 23.9. The number of sulfonamides is 1. The minimum Gasteiger partial charge on any atom is -0.444 e. The molecule has 1 atom stereocenters. The number of anilines is 1. The summed E-state index contributed by atoms with van der Waals surface area (Å²) in [5, 5.41) is 5.11. The summed E-state index contributed by atoms with van der Waals surface area (Å²) in [5.74, 6) is -0.279. The molecular weight excluding hydrogens is 386 g/mol. The van der Waals surface area contributed by atoms with Crippen LogP contribution in [0.15, 0.2) is 29.2 Å². The summed E-state index contributed by atoms with van der Waals surface area (Å²) in [6.07, 6.45) is -0.713. The van der Waals surface area contributed by atoms with E-state index in [-0.39, 0.29) is 36.4 Å². The van der Waals surface area contributed by atoms with Gasteiger partial charge in [0.1, 0.15) is 5.60 Å². The van der Waals surface area contributed by atoms with Gasteiger partial charge in [0.05, 0.1) is 17.4 Å². The summed E-state index contributed by atoms with van der Waals surface area (Å²) >= 11 is 0. The van der Waals surface area contributed by atoms with Crippen LogP contribution in [0, 0.1) is 0 Å². The second-order valence-electron chi connectivity index (χ2n) is 7.15. The minimum absolute atomic E-state index is 0.00218. The molecule has 0 heterocycles. The molecule has 0 aliphatic carbocycles. The first-order valence-corrected chi connectivity index (χ1v) is 10.3. The third-order valence-corrected chi connectivity index (χ3v) is 4.85. The Morgan fingerprint density at radius 1 is 1.18 bits per heavy atom. The Morgan fingerprint density at radius 2 is 1.86 bits per heavy atom. The van der Waals surface area contributed by atoms with Gasteiger partial charge >= 0.3 is 6.09 Å². The molecule has 9 nitrogen and oxygen atoms in total. The molecule has 3 N–H and O–H groups in total. The Kier molecular flexibility index (Phi) is 8.86. The average Bonchev–Trinajstić information content (AvgIpc) is 2.57. The maximum atomic E-state index is 12.4. The summed E-state index contributed by atoms with van der Waals surface area (Å²) in [7, 11) is -2.29. The van der Waals surface area contributed by atoms with Crippen LogP contribution >= 0.6 is 0 Å². The molecule has 28 heavy (non-hydrogen) atoms. The van der Waals surface area contributed by atoms with Gasteiger partial charge < -0.3 is 20.1 Å². The van der Waals surface area contributed by atoms with Crippen LogP contribution in [-0.2, 0) is 24.3 Å². The number of methoxy groups -OCH3 is 1. The fraction of sp³-hybridized carbons (Fsp3) is 0.556. The van der Waals surface area contributed by atoms with Crippen LogP contribution in [0.2, 0.25) is 0 Å². The Morgan fingerprint density at radius 3 is 2.46 bits per heavy atom. The van der Waals surface area contributed by atoms with Gasteiger partial charge in [-0.15, -0.1) is 0 Å². The lowest BCUT2D eigenvalue weighted by Crippen LogP contribution is -2.37. The van der Waals surface area contributed by atoms with E-state index in [1.807, 2.05) is 0 Å². The highest BCUT2D eigenvalue weighted by Crippen LogP contribution is 2.16. The predicted molar refractivity (Wildman–Crippen MR) is 106 cm³/mol. The molecule has 1 rings (SSSR count). The molecule has 1 aromatic carbocycles. The third-order valence-electron chi connectivity index (χ3n) is 3.39. The van der Waals surface area contributed by atoms with Crippen LogP contribution in [0.25, 0.3) is 0 Å². The number of rotatable bonds is 9. The van der Waals surface area contributed by atoms with Gasteiger partial charge in [0.25, 0.3) is 0 Å². The van der Waals surface area contributed by atoms with Gasteiger partial charge in [0, 0.05) is 25.9 Å². The molecule has 2 amide bonds. The highest BCUT2D eigenvalue weighted by atomic mass is 32.2. The molecule has 0 saturated heterocycles. The standard InChI is InChI=1S/C18H29N3O6S/c1-13(26-5)11-16(22)21-14-7-6-8-15(12-14)28(24,25)20-10-9-19-17(23)27-18(2,3)4/h6-8,12-13,20H,9-11H2,1-5H3,(H,19,23)(H,21,22). The first-order valence-electron chi connectivity index (χ1n) is 8.82. The number of hydrogen-bond acceptors (Lipinski definition) is 6. The van der Waals surface area contributed by atoms with Gasteiger partial charge in [-0.2, -0.15) is 0 Å². The molecule has 158 valence electrons. The number of nitrogens with one attached hydrogen (secondary N) is 3. The smallest absolute Gasteiger partial charge is 0.407 e. The lowest BCUT2D eigenvalue weighted by atomic mass is 10.2. The van der Waals surface area contributed by atoms with E-state index < -0.39 is 21.7 Å². The number of hydrogen-bond donors (Lipinski definition) is 3. The van der Waals surface area contributed by atoms with E-state index in [1.54, 1.807) is 33.8 Å². The summed E-state index contributed by atoms with van der Waals surface area (Å²) in [6.45, 7) is 7.02. The monoisotopic (exact) mass is 415 g/mol. The number of ether oxygens (including phenoxy) is 2. The second kappa shape index (κ2) is 10.4. The number of alkyl carbamates (subject to hydrolysis) is 1.